The van der Waals surface area contributed by atoms with Gasteiger partial charge in [-0.1, -0.05) is 127 Å². The lowest BCUT2D eigenvalue weighted by Crippen LogP contribution is -2.33. The molecule has 1 N–H and O–H groups in total. The SMILES string of the molecule is c1ccc(C2=NC(c3cccc(-c4ccccc4)c3)NC(c3cnc(-n4c5ccccc5c5ccc6c7ccccc7sc6c54)nc3)=N2)cc1. The second kappa shape index (κ2) is 11.6. The van der Waals surface area contributed by atoms with Crippen LogP contribution in [0, 0.1) is 0 Å². The minimum absolute atomic E-state index is 0.348. The van der Waals surface area contributed by atoms with Crippen molar-refractivity contribution in [2.75, 3.05) is 0 Å². The fraction of sp³-hybridized carbons (Fsp3) is 0.0233. The molecule has 9 aromatic rings. The number of para-hydroxylation sites is 1. The fourth-order valence-electron chi connectivity index (χ4n) is 7.00. The number of fused-ring (bicyclic) bond motifs is 7. The fourth-order valence-corrected chi connectivity index (χ4v) is 8.24. The molecule has 0 fully saturated rings. The lowest BCUT2D eigenvalue weighted by molar-refractivity contribution is 0.674. The summed E-state index contributed by atoms with van der Waals surface area (Å²) in [5.74, 6) is 1.95. The predicted molar refractivity (Wildman–Crippen MR) is 207 cm³/mol. The van der Waals surface area contributed by atoms with Gasteiger partial charge in [-0.05, 0) is 34.9 Å². The summed E-state index contributed by atoms with van der Waals surface area (Å²) in [6.45, 7) is 0. The van der Waals surface area contributed by atoms with Crippen molar-refractivity contribution in [2.45, 2.75) is 6.17 Å². The third-order valence-corrected chi connectivity index (χ3v) is 10.6. The van der Waals surface area contributed by atoms with Gasteiger partial charge in [0.25, 0.3) is 0 Å². The van der Waals surface area contributed by atoms with E-state index in [2.05, 4.69) is 119 Å². The van der Waals surface area contributed by atoms with E-state index < -0.39 is 0 Å². The van der Waals surface area contributed by atoms with Crippen molar-refractivity contribution in [3.05, 3.63) is 175 Å². The van der Waals surface area contributed by atoms with E-state index >= 15 is 0 Å². The van der Waals surface area contributed by atoms with E-state index in [0.717, 1.165) is 38.9 Å². The topological polar surface area (TPSA) is 67.5 Å². The first kappa shape index (κ1) is 28.6. The molecule has 6 nitrogen and oxygen atoms in total. The molecule has 0 bridgehead atoms. The third-order valence-electron chi connectivity index (χ3n) is 9.38. The van der Waals surface area contributed by atoms with Gasteiger partial charge in [-0.3, -0.25) is 4.57 Å². The van der Waals surface area contributed by atoms with Gasteiger partial charge in [0.1, 0.15) is 12.0 Å². The van der Waals surface area contributed by atoms with Gasteiger partial charge in [0.15, 0.2) is 5.84 Å². The zero-order valence-corrected chi connectivity index (χ0v) is 27.5. The van der Waals surface area contributed by atoms with Gasteiger partial charge in [0.05, 0.1) is 21.3 Å². The maximum atomic E-state index is 5.08. The Morgan fingerprint density at radius 1 is 0.560 bits per heavy atom. The Morgan fingerprint density at radius 2 is 1.24 bits per heavy atom. The maximum absolute atomic E-state index is 5.08. The van der Waals surface area contributed by atoms with E-state index in [1.54, 1.807) is 0 Å². The molecule has 0 spiro atoms. The van der Waals surface area contributed by atoms with E-state index in [1.807, 2.05) is 60.1 Å². The Balaban J connectivity index is 1.09. The molecule has 0 amide bonds. The second-order valence-electron chi connectivity index (χ2n) is 12.4. The predicted octanol–water partition coefficient (Wildman–Crippen LogP) is 10.1. The molecule has 236 valence electrons. The number of amidine groups is 2. The summed E-state index contributed by atoms with van der Waals surface area (Å²) < 4.78 is 4.70. The van der Waals surface area contributed by atoms with Crippen molar-refractivity contribution < 1.29 is 0 Å². The number of aliphatic imine (C=N–C) groups is 2. The van der Waals surface area contributed by atoms with Gasteiger partial charge in [-0.2, -0.15) is 0 Å². The van der Waals surface area contributed by atoms with Gasteiger partial charge in [0.2, 0.25) is 5.95 Å². The summed E-state index contributed by atoms with van der Waals surface area (Å²) in [4.78, 5) is 20.1. The van der Waals surface area contributed by atoms with Crippen LogP contribution in [-0.4, -0.2) is 26.2 Å². The molecular formula is C43H28N6S. The molecule has 0 radical (unpaired) electrons. The highest BCUT2D eigenvalue weighted by atomic mass is 32.1. The van der Waals surface area contributed by atoms with Crippen LogP contribution < -0.4 is 5.32 Å². The molecule has 1 unspecified atom stereocenters. The minimum atomic E-state index is -0.348. The lowest BCUT2D eigenvalue weighted by atomic mass is 10.0. The zero-order valence-electron chi connectivity index (χ0n) is 26.7. The first-order valence-corrected chi connectivity index (χ1v) is 17.4. The first-order chi connectivity index (χ1) is 24.8. The second-order valence-corrected chi connectivity index (χ2v) is 13.4. The number of nitrogens with one attached hydrogen (secondary N) is 1. The summed E-state index contributed by atoms with van der Waals surface area (Å²) in [5.41, 5.74) is 7.28. The normalized spacial score (nSPS) is 14.6. The molecule has 6 aromatic carbocycles. The summed E-state index contributed by atoms with van der Waals surface area (Å²) in [5, 5.41) is 8.47. The molecule has 3 aromatic heterocycles. The van der Waals surface area contributed by atoms with Gasteiger partial charge < -0.3 is 5.32 Å². The maximum Gasteiger partial charge on any atom is 0.234 e. The molecule has 0 aliphatic carbocycles. The van der Waals surface area contributed by atoms with E-state index in [4.69, 9.17) is 20.0 Å². The number of aromatic nitrogens is 3. The quantitative estimate of drug-likeness (QED) is 0.200. The average molecular weight is 661 g/mol. The highest BCUT2D eigenvalue weighted by molar-refractivity contribution is 7.26. The molecule has 1 aliphatic rings. The van der Waals surface area contributed by atoms with Crippen molar-refractivity contribution in [3.63, 3.8) is 0 Å². The summed E-state index contributed by atoms with van der Waals surface area (Å²) in [7, 11) is 0. The highest BCUT2D eigenvalue weighted by Crippen LogP contribution is 2.42. The Hall–Kier alpha value is -6.44. The monoisotopic (exact) mass is 660 g/mol. The zero-order chi connectivity index (χ0) is 33.0. The van der Waals surface area contributed by atoms with Gasteiger partial charge in [-0.25, -0.2) is 20.0 Å². The molecule has 0 saturated carbocycles. The van der Waals surface area contributed by atoms with Crippen LogP contribution in [0.1, 0.15) is 22.9 Å². The minimum Gasteiger partial charge on any atom is -0.344 e. The lowest BCUT2D eigenvalue weighted by Gasteiger charge is -2.24. The van der Waals surface area contributed by atoms with Crippen LogP contribution >= 0.6 is 11.3 Å². The molecule has 10 rings (SSSR count). The van der Waals surface area contributed by atoms with Crippen molar-refractivity contribution in [3.8, 4) is 17.1 Å². The van der Waals surface area contributed by atoms with E-state index in [1.165, 1.54) is 30.9 Å². The summed E-state index contributed by atoms with van der Waals surface area (Å²) in [6, 6.07) is 50.6. The Labute approximate surface area is 291 Å². The van der Waals surface area contributed by atoms with Crippen LogP contribution in [0.5, 0.6) is 0 Å². The van der Waals surface area contributed by atoms with Gasteiger partial charge in [0, 0.05) is 44.2 Å². The number of benzene rings is 6. The Morgan fingerprint density at radius 3 is 2.06 bits per heavy atom. The van der Waals surface area contributed by atoms with Gasteiger partial charge in [-0.15, -0.1) is 11.3 Å². The number of rotatable bonds is 5. The smallest absolute Gasteiger partial charge is 0.234 e. The summed E-state index contributed by atoms with van der Waals surface area (Å²) >= 11 is 1.82. The summed E-state index contributed by atoms with van der Waals surface area (Å²) in [6.07, 6.45) is 3.39. The van der Waals surface area contributed by atoms with E-state index in [9.17, 15) is 0 Å². The van der Waals surface area contributed by atoms with E-state index in [0.29, 0.717) is 17.6 Å². The van der Waals surface area contributed by atoms with Crippen LogP contribution in [0.2, 0.25) is 0 Å². The molecule has 1 atom stereocenters. The molecular weight excluding hydrogens is 633 g/mol. The van der Waals surface area contributed by atoms with Crippen molar-refractivity contribution in [1.82, 2.24) is 19.9 Å². The molecule has 0 saturated heterocycles. The average Bonchev–Trinajstić information content (AvgIpc) is 3.75. The molecule has 7 heteroatoms. The third kappa shape index (κ3) is 4.70. The molecule has 1 aliphatic heterocycles. The van der Waals surface area contributed by atoms with Gasteiger partial charge >= 0.3 is 0 Å². The number of hydrogen-bond acceptors (Lipinski definition) is 6. The number of nitrogens with zero attached hydrogens (tertiary/aromatic N) is 5. The van der Waals surface area contributed by atoms with Crippen LogP contribution in [0.3, 0.4) is 0 Å². The van der Waals surface area contributed by atoms with Crippen molar-refractivity contribution in [2.24, 2.45) is 9.98 Å². The van der Waals surface area contributed by atoms with Crippen LogP contribution in [0.15, 0.2) is 168 Å². The first-order valence-electron chi connectivity index (χ1n) is 16.6. The van der Waals surface area contributed by atoms with Crippen LogP contribution in [-0.2, 0) is 0 Å². The van der Waals surface area contributed by atoms with Crippen LogP contribution in [0.4, 0.5) is 0 Å². The van der Waals surface area contributed by atoms with Crippen LogP contribution in [0.25, 0.3) is 59.1 Å². The largest absolute Gasteiger partial charge is 0.344 e. The Kier molecular flexibility index (Phi) is 6.63. The molecule has 4 heterocycles. The van der Waals surface area contributed by atoms with Crippen molar-refractivity contribution in [1.29, 1.82) is 0 Å². The number of hydrogen-bond donors (Lipinski definition) is 1. The van der Waals surface area contributed by atoms with Crippen molar-refractivity contribution >= 4 is 65.0 Å². The molecule has 50 heavy (non-hydrogen) atoms. The Bertz CT molecular complexity index is 2780. The standard InChI is InChI=1S/C43H28N6S/c1-3-12-27(13-4-1)29-16-11-17-30(24-29)41-46-40(28-14-5-2-6-15-28)47-42(48-41)31-25-44-43(45-26-31)49-36-20-9-7-18-32(36)34-22-23-35-33-19-8-10-21-37(33)50-39(35)38(34)49/h1-26,41H,(H,46,47,48). The van der Waals surface area contributed by atoms with E-state index in [-0.39, 0.29) is 6.17 Å². The highest BCUT2D eigenvalue weighted by Gasteiger charge is 2.23. The number of thiophene rings is 1.